The molecule has 1 aliphatic rings. The molecule has 88 valence electrons. The van der Waals surface area contributed by atoms with Gasteiger partial charge in [-0.25, -0.2) is 0 Å². The minimum Gasteiger partial charge on any atom is -0.368 e. The van der Waals surface area contributed by atoms with Crippen molar-refractivity contribution in [3.8, 4) is 0 Å². The van der Waals surface area contributed by atoms with Crippen molar-refractivity contribution in [2.24, 2.45) is 0 Å². The van der Waals surface area contributed by atoms with Gasteiger partial charge in [0.05, 0.1) is 0 Å². The van der Waals surface area contributed by atoms with Gasteiger partial charge in [-0.2, -0.15) is 0 Å². The third kappa shape index (κ3) is 2.22. The van der Waals surface area contributed by atoms with E-state index in [1.54, 1.807) is 0 Å². The molecule has 0 fully saturated rings. The van der Waals surface area contributed by atoms with E-state index in [0.29, 0.717) is 12.1 Å². The zero-order valence-electron chi connectivity index (χ0n) is 10.5. The van der Waals surface area contributed by atoms with E-state index in [-0.39, 0.29) is 0 Å². The van der Waals surface area contributed by atoms with Crippen molar-refractivity contribution in [3.63, 3.8) is 0 Å². The largest absolute Gasteiger partial charge is 0.368 e. The molecule has 0 aliphatic carbocycles. The van der Waals surface area contributed by atoms with Gasteiger partial charge >= 0.3 is 0 Å². The monoisotopic (exact) mass is 218 g/mol. The molecule has 0 aromatic heterocycles. The topological polar surface area (TPSA) is 15.3 Å². The Bertz CT molecular complexity index is 348. The third-order valence-electron chi connectivity index (χ3n) is 3.64. The summed E-state index contributed by atoms with van der Waals surface area (Å²) in [6, 6.07) is 10.0. The first-order chi connectivity index (χ1) is 7.72. The standard InChI is InChI=1S/C14H22N2/c1-11(15-3)8-9-16-12(2)10-13-6-4-5-7-14(13)16/h4-7,11-12,15H,8-10H2,1-3H3. The first-order valence-electron chi connectivity index (χ1n) is 6.24. The molecule has 1 aliphatic heterocycles. The van der Waals surface area contributed by atoms with Crippen LogP contribution in [0.1, 0.15) is 25.8 Å². The number of rotatable bonds is 4. The van der Waals surface area contributed by atoms with Crippen LogP contribution in [0, 0.1) is 0 Å². The first-order valence-corrected chi connectivity index (χ1v) is 6.24. The van der Waals surface area contributed by atoms with Crippen LogP contribution in [-0.2, 0) is 6.42 Å². The maximum atomic E-state index is 3.30. The Balaban J connectivity index is 2.04. The maximum absolute atomic E-state index is 3.30. The van der Waals surface area contributed by atoms with Crippen molar-refractivity contribution in [2.75, 3.05) is 18.5 Å². The molecule has 1 aromatic rings. The number of benzene rings is 1. The van der Waals surface area contributed by atoms with Crippen molar-refractivity contribution in [1.82, 2.24) is 5.32 Å². The summed E-state index contributed by atoms with van der Waals surface area (Å²) >= 11 is 0. The first kappa shape index (κ1) is 11.5. The van der Waals surface area contributed by atoms with E-state index in [2.05, 4.69) is 48.3 Å². The number of nitrogens with zero attached hydrogens (tertiary/aromatic N) is 1. The SMILES string of the molecule is CNC(C)CCN1c2ccccc2CC1C. The summed E-state index contributed by atoms with van der Waals surface area (Å²) in [6.07, 6.45) is 2.40. The lowest BCUT2D eigenvalue weighted by Crippen LogP contribution is -2.34. The van der Waals surface area contributed by atoms with E-state index in [1.807, 2.05) is 7.05 Å². The van der Waals surface area contributed by atoms with Crippen LogP contribution in [0.3, 0.4) is 0 Å². The van der Waals surface area contributed by atoms with Gasteiger partial charge in [0.1, 0.15) is 0 Å². The second-order valence-electron chi connectivity index (χ2n) is 4.85. The molecule has 1 N–H and O–H groups in total. The van der Waals surface area contributed by atoms with Crippen LogP contribution in [-0.4, -0.2) is 25.7 Å². The zero-order valence-corrected chi connectivity index (χ0v) is 10.5. The molecule has 0 amide bonds. The van der Waals surface area contributed by atoms with Crippen LogP contribution in [0.4, 0.5) is 5.69 Å². The van der Waals surface area contributed by atoms with Gasteiger partial charge in [-0.05, 0) is 45.4 Å². The van der Waals surface area contributed by atoms with E-state index in [0.717, 1.165) is 6.54 Å². The maximum Gasteiger partial charge on any atom is 0.0402 e. The highest BCUT2D eigenvalue weighted by Gasteiger charge is 2.24. The number of anilines is 1. The third-order valence-corrected chi connectivity index (χ3v) is 3.64. The summed E-state index contributed by atoms with van der Waals surface area (Å²) in [5.74, 6) is 0. The van der Waals surface area contributed by atoms with Crippen LogP contribution in [0.2, 0.25) is 0 Å². The zero-order chi connectivity index (χ0) is 11.5. The highest BCUT2D eigenvalue weighted by atomic mass is 15.2. The quantitative estimate of drug-likeness (QED) is 0.835. The second-order valence-corrected chi connectivity index (χ2v) is 4.85. The van der Waals surface area contributed by atoms with Crippen molar-refractivity contribution in [1.29, 1.82) is 0 Å². The molecule has 1 heterocycles. The number of fused-ring (bicyclic) bond motifs is 1. The Kier molecular flexibility index (Phi) is 3.49. The van der Waals surface area contributed by atoms with Crippen molar-refractivity contribution in [2.45, 2.75) is 38.8 Å². The summed E-state index contributed by atoms with van der Waals surface area (Å²) < 4.78 is 0. The lowest BCUT2D eigenvalue weighted by atomic mass is 10.1. The molecule has 0 saturated heterocycles. The van der Waals surface area contributed by atoms with Gasteiger partial charge in [0, 0.05) is 24.3 Å². The summed E-state index contributed by atoms with van der Waals surface area (Å²) in [5, 5.41) is 3.30. The molecule has 0 radical (unpaired) electrons. The van der Waals surface area contributed by atoms with Crippen molar-refractivity contribution < 1.29 is 0 Å². The molecule has 2 heteroatoms. The molecule has 2 nitrogen and oxygen atoms in total. The molecule has 2 atom stereocenters. The summed E-state index contributed by atoms with van der Waals surface area (Å²) in [5.41, 5.74) is 2.95. The van der Waals surface area contributed by atoms with Crippen LogP contribution in [0.15, 0.2) is 24.3 Å². The van der Waals surface area contributed by atoms with Crippen molar-refractivity contribution >= 4 is 5.69 Å². The fourth-order valence-corrected chi connectivity index (χ4v) is 2.45. The highest BCUT2D eigenvalue weighted by molar-refractivity contribution is 5.59. The Hall–Kier alpha value is -1.02. The van der Waals surface area contributed by atoms with E-state index in [4.69, 9.17) is 0 Å². The number of para-hydroxylation sites is 1. The molecule has 0 saturated carbocycles. The molecule has 1 aromatic carbocycles. The summed E-state index contributed by atoms with van der Waals surface area (Å²) in [4.78, 5) is 2.54. The van der Waals surface area contributed by atoms with Gasteiger partial charge < -0.3 is 10.2 Å². The van der Waals surface area contributed by atoms with Gasteiger partial charge in [0.25, 0.3) is 0 Å². The molecule has 16 heavy (non-hydrogen) atoms. The average Bonchev–Trinajstić information content (AvgIpc) is 2.62. The van der Waals surface area contributed by atoms with E-state index < -0.39 is 0 Å². The predicted octanol–water partition coefficient (Wildman–Crippen LogP) is 2.44. The van der Waals surface area contributed by atoms with E-state index >= 15 is 0 Å². The predicted molar refractivity (Wildman–Crippen MR) is 70.1 cm³/mol. The van der Waals surface area contributed by atoms with Crippen LogP contribution >= 0.6 is 0 Å². The van der Waals surface area contributed by atoms with Gasteiger partial charge in [-0.15, -0.1) is 0 Å². The highest BCUT2D eigenvalue weighted by Crippen LogP contribution is 2.31. The molecule has 0 spiro atoms. The fraction of sp³-hybridized carbons (Fsp3) is 0.571. The van der Waals surface area contributed by atoms with Crippen molar-refractivity contribution in [3.05, 3.63) is 29.8 Å². The fourth-order valence-electron chi connectivity index (χ4n) is 2.45. The molecule has 2 rings (SSSR count). The van der Waals surface area contributed by atoms with Crippen LogP contribution in [0.5, 0.6) is 0 Å². The Labute approximate surface area is 98.7 Å². The van der Waals surface area contributed by atoms with Gasteiger partial charge in [-0.3, -0.25) is 0 Å². The van der Waals surface area contributed by atoms with Crippen LogP contribution in [0.25, 0.3) is 0 Å². The normalized spacial score (nSPS) is 20.9. The van der Waals surface area contributed by atoms with E-state index in [1.165, 1.54) is 24.1 Å². The molecular weight excluding hydrogens is 196 g/mol. The smallest absolute Gasteiger partial charge is 0.0402 e. The Morgan fingerprint density at radius 3 is 2.94 bits per heavy atom. The summed E-state index contributed by atoms with van der Waals surface area (Å²) in [6.45, 7) is 5.72. The van der Waals surface area contributed by atoms with E-state index in [9.17, 15) is 0 Å². The number of hydrogen-bond acceptors (Lipinski definition) is 2. The molecular formula is C14H22N2. The van der Waals surface area contributed by atoms with Crippen LogP contribution < -0.4 is 10.2 Å². The molecule has 2 unspecified atom stereocenters. The van der Waals surface area contributed by atoms with Gasteiger partial charge in [0.15, 0.2) is 0 Å². The Morgan fingerprint density at radius 1 is 1.44 bits per heavy atom. The lowest BCUT2D eigenvalue weighted by Gasteiger charge is -2.26. The number of hydrogen-bond donors (Lipinski definition) is 1. The second kappa shape index (κ2) is 4.88. The minimum atomic E-state index is 0.597. The number of nitrogens with one attached hydrogen (secondary N) is 1. The Morgan fingerprint density at radius 2 is 2.19 bits per heavy atom. The van der Waals surface area contributed by atoms with Gasteiger partial charge in [-0.1, -0.05) is 18.2 Å². The minimum absolute atomic E-state index is 0.597. The molecule has 0 bridgehead atoms. The van der Waals surface area contributed by atoms with Gasteiger partial charge in [0.2, 0.25) is 0 Å². The average molecular weight is 218 g/mol. The summed E-state index contributed by atoms with van der Waals surface area (Å²) in [7, 11) is 2.03. The lowest BCUT2D eigenvalue weighted by molar-refractivity contribution is 0.541.